The Morgan fingerprint density at radius 1 is 0.776 bits per heavy atom. The average Bonchev–Trinajstić information content (AvgIpc) is 4.04. The quantitative estimate of drug-likeness (QED) is 0.126. The van der Waals surface area contributed by atoms with Gasteiger partial charge in [-0.3, -0.25) is 9.59 Å². The van der Waals surface area contributed by atoms with Crippen LogP contribution in [-0.4, -0.2) is 77.0 Å². The van der Waals surface area contributed by atoms with Crippen molar-refractivity contribution in [3.63, 3.8) is 0 Å². The maximum absolute atomic E-state index is 12.2. The van der Waals surface area contributed by atoms with Gasteiger partial charge < -0.3 is 30.0 Å². The van der Waals surface area contributed by atoms with Gasteiger partial charge in [-0.1, -0.05) is 0 Å². The van der Waals surface area contributed by atoms with Gasteiger partial charge >= 0.3 is 11.9 Å². The van der Waals surface area contributed by atoms with Crippen LogP contribution in [-0.2, 0) is 40.0 Å². The molecule has 0 unspecified atom stereocenters. The zero-order valence-corrected chi connectivity index (χ0v) is 33.4. The van der Waals surface area contributed by atoms with Crippen molar-refractivity contribution in [3.05, 3.63) is 82.6 Å². The zero-order chi connectivity index (χ0) is 39.9. The molecule has 0 radical (unpaired) electrons. The largest absolute Gasteiger partial charge is 0.493 e. The Balaban J connectivity index is 0.000000151. The molecule has 0 saturated carbocycles. The molecular formula is C40H38N10O6S2. The minimum atomic E-state index is -0.730. The normalized spacial score (nSPS) is 16.1. The van der Waals surface area contributed by atoms with E-state index in [1.165, 1.54) is 16.8 Å². The first-order chi connectivity index (χ1) is 28.3. The van der Waals surface area contributed by atoms with Crippen molar-refractivity contribution in [2.75, 3.05) is 31.5 Å². The van der Waals surface area contributed by atoms with Crippen LogP contribution < -0.4 is 20.1 Å². The first kappa shape index (κ1) is 37.2. The molecule has 8 aromatic heterocycles. The van der Waals surface area contributed by atoms with Gasteiger partial charge in [0, 0.05) is 22.1 Å². The van der Waals surface area contributed by atoms with E-state index in [0.717, 1.165) is 71.9 Å². The van der Waals surface area contributed by atoms with E-state index in [1.54, 1.807) is 64.6 Å². The maximum Gasteiger partial charge on any atom is 0.309 e. The molecule has 0 bridgehead atoms. The molecule has 18 heteroatoms. The smallest absolute Gasteiger partial charge is 0.309 e. The summed E-state index contributed by atoms with van der Waals surface area (Å²) in [6.45, 7) is 2.26. The lowest BCUT2D eigenvalue weighted by Crippen LogP contribution is -2.23. The molecule has 0 amide bonds. The fraction of sp³-hybridized carbons (Fsp3) is 0.300. The third-order valence-corrected chi connectivity index (χ3v) is 12.9. The predicted octanol–water partition coefficient (Wildman–Crippen LogP) is 7.04. The summed E-state index contributed by atoms with van der Waals surface area (Å²) in [5.74, 6) is 1.53. The SMILES string of the molecule is CCOC(=O)[C@H]1CCc2c(sc3ncnc(Nc4cc5ccnn5cc4OC)c23)C1.COc1cn2nccc2cc1Nc1ncnc2sc3c(c12)CC[C@H](C(=O)O)C3. The van der Waals surface area contributed by atoms with Gasteiger partial charge in [-0.25, -0.2) is 29.0 Å². The number of nitrogens with one attached hydrogen (secondary N) is 2. The number of rotatable bonds is 9. The molecule has 0 spiro atoms. The number of thiophene rings is 2. The van der Waals surface area contributed by atoms with E-state index in [4.69, 9.17) is 14.2 Å². The number of pyridine rings is 2. The van der Waals surface area contributed by atoms with E-state index in [0.29, 0.717) is 49.6 Å². The highest BCUT2D eigenvalue weighted by molar-refractivity contribution is 7.19. The molecule has 0 fully saturated rings. The van der Waals surface area contributed by atoms with Crippen molar-refractivity contribution in [2.45, 2.75) is 45.4 Å². The van der Waals surface area contributed by atoms with Gasteiger partial charge in [0.15, 0.2) is 11.5 Å². The number of aromatic nitrogens is 8. The number of nitrogens with zero attached hydrogens (tertiary/aromatic N) is 8. The Kier molecular flexibility index (Phi) is 9.94. The van der Waals surface area contributed by atoms with Crippen molar-refractivity contribution < 1.29 is 28.9 Å². The monoisotopic (exact) mass is 818 g/mol. The Labute approximate surface area is 338 Å². The number of carboxylic acid groups (broad SMARTS) is 1. The Bertz CT molecular complexity index is 2850. The summed E-state index contributed by atoms with van der Waals surface area (Å²) in [4.78, 5) is 45.6. The maximum atomic E-state index is 12.2. The third kappa shape index (κ3) is 6.87. The summed E-state index contributed by atoms with van der Waals surface area (Å²) < 4.78 is 19.8. The Morgan fingerprint density at radius 3 is 1.76 bits per heavy atom. The molecule has 16 nitrogen and oxygen atoms in total. The number of esters is 1. The number of aliphatic carboxylic acids is 1. The first-order valence-corrected chi connectivity index (χ1v) is 20.4. The van der Waals surface area contributed by atoms with E-state index >= 15 is 0 Å². The fourth-order valence-electron chi connectivity index (χ4n) is 7.75. The van der Waals surface area contributed by atoms with Crippen molar-refractivity contribution in [1.29, 1.82) is 0 Å². The van der Waals surface area contributed by atoms with E-state index in [2.05, 4.69) is 40.8 Å². The third-order valence-electron chi connectivity index (χ3n) is 10.6. The van der Waals surface area contributed by atoms with Crippen LogP contribution in [0.25, 0.3) is 31.5 Å². The highest BCUT2D eigenvalue weighted by Gasteiger charge is 2.31. The molecule has 58 heavy (non-hydrogen) atoms. The van der Waals surface area contributed by atoms with E-state index in [-0.39, 0.29) is 17.8 Å². The number of hydrogen-bond acceptors (Lipinski definition) is 15. The molecule has 296 valence electrons. The minimum Gasteiger partial charge on any atom is -0.493 e. The van der Waals surface area contributed by atoms with Crippen molar-refractivity contribution in [2.24, 2.45) is 11.8 Å². The average molecular weight is 819 g/mol. The fourth-order valence-corrected chi connectivity index (χ4v) is 10.3. The van der Waals surface area contributed by atoms with Gasteiger partial charge in [0.05, 0.1) is 78.2 Å². The minimum absolute atomic E-state index is 0.0840. The van der Waals surface area contributed by atoms with Gasteiger partial charge in [0.2, 0.25) is 0 Å². The molecule has 0 saturated heterocycles. The summed E-state index contributed by atoms with van der Waals surface area (Å²) in [7, 11) is 3.25. The number of carboxylic acids is 1. The van der Waals surface area contributed by atoms with Gasteiger partial charge in [-0.15, -0.1) is 22.7 Å². The summed E-state index contributed by atoms with van der Waals surface area (Å²) in [5.41, 5.74) is 5.87. The topological polar surface area (TPSA) is 192 Å². The molecule has 2 atom stereocenters. The highest BCUT2D eigenvalue weighted by Crippen LogP contribution is 2.43. The van der Waals surface area contributed by atoms with Crippen LogP contribution in [0.1, 0.15) is 40.6 Å². The van der Waals surface area contributed by atoms with Crippen LogP contribution in [0, 0.1) is 11.8 Å². The molecular weight excluding hydrogens is 781 g/mol. The first-order valence-electron chi connectivity index (χ1n) is 18.8. The van der Waals surface area contributed by atoms with Gasteiger partial charge in [0.1, 0.15) is 34.0 Å². The summed E-state index contributed by atoms with van der Waals surface area (Å²) in [6, 6.07) is 7.79. The number of carbonyl (C=O) groups excluding carboxylic acids is 1. The van der Waals surface area contributed by atoms with Crippen LogP contribution in [0.4, 0.5) is 23.0 Å². The van der Waals surface area contributed by atoms with Crippen LogP contribution in [0.3, 0.4) is 0 Å². The summed E-state index contributed by atoms with van der Waals surface area (Å²) in [5, 5.41) is 26.7. The number of methoxy groups -OCH3 is 2. The highest BCUT2D eigenvalue weighted by atomic mass is 32.1. The molecule has 2 aliphatic carbocycles. The van der Waals surface area contributed by atoms with Crippen LogP contribution in [0.15, 0.2) is 61.7 Å². The summed E-state index contributed by atoms with van der Waals surface area (Å²) in [6.07, 6.45) is 14.4. The van der Waals surface area contributed by atoms with Crippen LogP contribution >= 0.6 is 22.7 Å². The second-order valence-electron chi connectivity index (χ2n) is 13.9. The van der Waals surface area contributed by atoms with Crippen LogP contribution in [0.2, 0.25) is 0 Å². The molecule has 0 aliphatic heterocycles. The number of fused-ring (bicyclic) bond motifs is 8. The van der Waals surface area contributed by atoms with E-state index in [9.17, 15) is 14.7 Å². The van der Waals surface area contributed by atoms with Gasteiger partial charge in [-0.05, 0) is 80.8 Å². The number of aryl methyl sites for hydroxylation is 2. The summed E-state index contributed by atoms with van der Waals surface area (Å²) >= 11 is 3.19. The zero-order valence-electron chi connectivity index (χ0n) is 31.8. The van der Waals surface area contributed by atoms with Crippen molar-refractivity contribution in [1.82, 2.24) is 39.2 Å². The molecule has 8 heterocycles. The number of anilines is 4. The van der Waals surface area contributed by atoms with E-state index < -0.39 is 5.97 Å². The molecule has 2 aliphatic rings. The molecule has 8 aromatic rings. The second kappa shape index (κ2) is 15.5. The number of ether oxygens (including phenoxy) is 3. The van der Waals surface area contributed by atoms with Crippen molar-refractivity contribution in [3.8, 4) is 11.5 Å². The number of carbonyl (C=O) groups is 2. The van der Waals surface area contributed by atoms with Gasteiger partial charge in [-0.2, -0.15) is 10.2 Å². The molecule has 10 rings (SSSR count). The van der Waals surface area contributed by atoms with Gasteiger partial charge in [0.25, 0.3) is 0 Å². The molecule has 3 N–H and O–H groups in total. The lowest BCUT2D eigenvalue weighted by atomic mass is 9.88. The Hall–Kier alpha value is -6.40. The standard InChI is InChI=1S/C21H21N5O3S.C19H17N5O3S/c1-3-29-21(27)12-4-5-14-17(8-12)30-20-18(14)19(22-11-23-20)25-15-9-13-6-7-24-26(13)10-16(15)28-2;1-27-14-8-24-11(4-5-22-24)7-13(14)23-17-16-12-3-2-10(19(25)26)6-15(12)28-18(16)21-9-20-17/h6-7,9-12H,3-5,8H2,1-2H3,(H,22,23,25);4-5,7-10H,2-3,6H2,1H3,(H,25,26)(H,20,21,23)/t12-;10-/m00/s1. The molecule has 0 aromatic carbocycles. The van der Waals surface area contributed by atoms with E-state index in [1.807, 2.05) is 43.6 Å². The number of hydrogen-bond donors (Lipinski definition) is 3. The van der Waals surface area contributed by atoms with Crippen LogP contribution in [0.5, 0.6) is 11.5 Å². The lowest BCUT2D eigenvalue weighted by Gasteiger charge is -2.20. The van der Waals surface area contributed by atoms with Crippen molar-refractivity contribution >= 4 is 89.1 Å². The Morgan fingerprint density at radius 2 is 1.28 bits per heavy atom. The second-order valence-corrected chi connectivity index (χ2v) is 16.1. The predicted molar refractivity (Wildman–Crippen MR) is 220 cm³/mol. The lowest BCUT2D eigenvalue weighted by molar-refractivity contribution is -0.148.